The molecule has 0 atom stereocenters. The molecule has 28 heavy (non-hydrogen) atoms. The lowest BCUT2D eigenvalue weighted by Crippen LogP contribution is -2.14. The Bertz CT molecular complexity index is 1180. The summed E-state index contributed by atoms with van der Waals surface area (Å²) in [5.74, 6) is -6.71. The van der Waals surface area contributed by atoms with Crippen molar-refractivity contribution in [2.75, 3.05) is 0 Å². The van der Waals surface area contributed by atoms with E-state index in [1.807, 2.05) is 0 Å². The smallest absolute Gasteiger partial charge is 0.298 e. The van der Waals surface area contributed by atoms with Gasteiger partial charge in [-0.3, -0.25) is 0 Å². The van der Waals surface area contributed by atoms with E-state index >= 15 is 0 Å². The van der Waals surface area contributed by atoms with Crippen molar-refractivity contribution in [3.8, 4) is 22.4 Å². The van der Waals surface area contributed by atoms with Crippen LogP contribution in [0.5, 0.6) is 0 Å². The van der Waals surface area contributed by atoms with Crippen LogP contribution in [0.15, 0.2) is 39.8 Å². The van der Waals surface area contributed by atoms with E-state index in [4.69, 9.17) is 5.14 Å². The molecule has 1 aromatic heterocycles. The van der Waals surface area contributed by atoms with Gasteiger partial charge >= 0.3 is 0 Å². The molecule has 1 heterocycles. The van der Waals surface area contributed by atoms with Crippen LogP contribution in [-0.4, -0.2) is 13.6 Å². The summed E-state index contributed by atoms with van der Waals surface area (Å²) in [7, 11) is -4.63. The first kappa shape index (κ1) is 19.9. The fourth-order valence-electron chi connectivity index (χ4n) is 2.49. The molecule has 0 fully saturated rings. The Morgan fingerprint density at radius 2 is 1.61 bits per heavy atom. The van der Waals surface area contributed by atoms with Crippen molar-refractivity contribution in [1.29, 1.82) is 0 Å². The van der Waals surface area contributed by atoms with Crippen LogP contribution in [0.2, 0.25) is 0 Å². The first-order valence-electron chi connectivity index (χ1n) is 7.26. The number of sulfonamides is 1. The summed E-state index contributed by atoms with van der Waals surface area (Å²) in [5.41, 5.74) is -2.38. The molecule has 0 saturated heterocycles. The lowest BCUT2D eigenvalue weighted by molar-refractivity contribution is 0.113. The Kier molecular flexibility index (Phi) is 4.93. The third kappa shape index (κ3) is 3.47. The van der Waals surface area contributed by atoms with E-state index in [0.717, 1.165) is 6.07 Å². The molecule has 0 aliphatic heterocycles. The molecular weight excluding hydrogens is 414 g/mol. The van der Waals surface area contributed by atoms with Gasteiger partial charge in [-0.1, -0.05) is 5.16 Å². The number of rotatable bonds is 4. The Morgan fingerprint density at radius 3 is 2.18 bits per heavy atom. The van der Waals surface area contributed by atoms with Gasteiger partial charge in [-0.05, 0) is 30.3 Å². The number of alkyl halides is 2. The summed E-state index contributed by atoms with van der Waals surface area (Å²) >= 11 is 0. The van der Waals surface area contributed by atoms with Crippen LogP contribution in [0, 0.1) is 23.3 Å². The number of aromatic nitrogens is 1. The molecule has 0 unspecified atom stereocenters. The molecule has 148 valence electrons. The molecule has 0 spiro atoms. The Labute approximate surface area is 153 Å². The minimum absolute atomic E-state index is 0.206. The van der Waals surface area contributed by atoms with Crippen LogP contribution >= 0.6 is 0 Å². The molecule has 3 aromatic rings. The first-order valence-corrected chi connectivity index (χ1v) is 8.80. The van der Waals surface area contributed by atoms with Crippen LogP contribution in [0.25, 0.3) is 22.4 Å². The molecule has 0 aliphatic carbocycles. The molecule has 0 saturated carbocycles. The quantitative estimate of drug-likeness (QED) is 0.640. The first-order chi connectivity index (χ1) is 13.0. The van der Waals surface area contributed by atoms with Crippen LogP contribution in [0.3, 0.4) is 0 Å². The molecule has 2 aromatic carbocycles. The highest BCUT2D eigenvalue weighted by molar-refractivity contribution is 7.89. The predicted octanol–water partition coefficient (Wildman–Crippen LogP) is 4.15. The number of primary sulfonamides is 1. The summed E-state index contributed by atoms with van der Waals surface area (Å²) in [6, 6.07) is 2.75. The molecule has 2 N–H and O–H groups in total. The fraction of sp³-hybridized carbons (Fsp3) is 0.0625. The van der Waals surface area contributed by atoms with E-state index in [0.29, 0.717) is 18.2 Å². The second-order valence-corrected chi connectivity index (χ2v) is 7.04. The maximum atomic E-state index is 14.5. The highest BCUT2D eigenvalue weighted by atomic mass is 32.2. The van der Waals surface area contributed by atoms with Crippen molar-refractivity contribution in [2.45, 2.75) is 11.3 Å². The molecule has 0 bridgehead atoms. The van der Waals surface area contributed by atoms with Gasteiger partial charge in [-0.2, -0.15) is 0 Å². The van der Waals surface area contributed by atoms with Gasteiger partial charge in [0.25, 0.3) is 6.43 Å². The molecule has 0 aliphatic rings. The zero-order valence-corrected chi connectivity index (χ0v) is 14.2. The second-order valence-electron chi connectivity index (χ2n) is 5.51. The average Bonchev–Trinajstić information content (AvgIpc) is 3.03. The zero-order chi connectivity index (χ0) is 20.8. The highest BCUT2D eigenvalue weighted by Crippen LogP contribution is 2.41. The largest absolute Gasteiger partial charge is 0.354 e. The van der Waals surface area contributed by atoms with Gasteiger partial charge in [0.1, 0.15) is 22.2 Å². The van der Waals surface area contributed by atoms with Gasteiger partial charge in [0.05, 0.1) is 5.56 Å². The van der Waals surface area contributed by atoms with Gasteiger partial charge in [0.15, 0.2) is 11.6 Å². The predicted molar refractivity (Wildman–Crippen MR) is 83.5 cm³/mol. The van der Waals surface area contributed by atoms with E-state index in [1.54, 1.807) is 0 Å². The third-order valence-corrected chi connectivity index (χ3v) is 4.63. The Balaban J connectivity index is 2.31. The summed E-state index contributed by atoms with van der Waals surface area (Å²) in [4.78, 5) is -1.20. The summed E-state index contributed by atoms with van der Waals surface area (Å²) in [6.45, 7) is 0. The van der Waals surface area contributed by atoms with Crippen LogP contribution < -0.4 is 5.14 Å². The normalized spacial score (nSPS) is 12.0. The monoisotopic (exact) mass is 422 g/mol. The maximum Gasteiger partial charge on any atom is 0.298 e. The fourth-order valence-corrected chi connectivity index (χ4v) is 3.09. The van der Waals surface area contributed by atoms with Crippen molar-refractivity contribution >= 4 is 10.0 Å². The lowest BCUT2D eigenvalue weighted by Gasteiger charge is -2.09. The maximum absolute atomic E-state index is 14.5. The van der Waals surface area contributed by atoms with Crippen molar-refractivity contribution < 1.29 is 39.3 Å². The lowest BCUT2D eigenvalue weighted by atomic mass is 9.98. The minimum Gasteiger partial charge on any atom is -0.354 e. The highest BCUT2D eigenvalue weighted by Gasteiger charge is 2.30. The number of nitrogens with zero attached hydrogens (tertiary/aromatic N) is 1. The van der Waals surface area contributed by atoms with Crippen LogP contribution in [-0.2, 0) is 10.0 Å². The Hall–Kier alpha value is -2.86. The third-order valence-electron chi connectivity index (χ3n) is 3.71. The number of halogens is 6. The van der Waals surface area contributed by atoms with E-state index in [-0.39, 0.29) is 11.6 Å². The number of nitrogens with two attached hydrogens (primary N) is 1. The zero-order valence-electron chi connectivity index (χ0n) is 13.4. The SMILES string of the molecule is NS(=O)(=O)c1cc(F)c(-c2c(-c3ccc(F)c(F)c3)noc2C(F)F)cc1F. The topological polar surface area (TPSA) is 86.2 Å². The summed E-state index contributed by atoms with van der Waals surface area (Å²) in [6.07, 6.45) is -3.33. The molecule has 0 amide bonds. The summed E-state index contributed by atoms with van der Waals surface area (Å²) < 4.78 is 109. The van der Waals surface area contributed by atoms with Crippen molar-refractivity contribution in [3.05, 3.63) is 59.4 Å². The van der Waals surface area contributed by atoms with Gasteiger partial charge in [0.2, 0.25) is 15.8 Å². The van der Waals surface area contributed by atoms with E-state index in [1.165, 1.54) is 0 Å². The molecular formula is C16H8F6N2O3S. The van der Waals surface area contributed by atoms with E-state index in [9.17, 15) is 34.8 Å². The second kappa shape index (κ2) is 6.95. The van der Waals surface area contributed by atoms with Crippen molar-refractivity contribution in [1.82, 2.24) is 5.16 Å². The van der Waals surface area contributed by atoms with Crippen LogP contribution in [0.4, 0.5) is 26.3 Å². The van der Waals surface area contributed by atoms with Gasteiger partial charge in [-0.15, -0.1) is 0 Å². The molecule has 12 heteroatoms. The van der Waals surface area contributed by atoms with Crippen molar-refractivity contribution in [3.63, 3.8) is 0 Å². The van der Waals surface area contributed by atoms with Gasteiger partial charge < -0.3 is 4.52 Å². The standard InChI is InChI=1S/C16H8F6N2O3S/c17-8-2-1-6(3-10(8)19)14-13(15(16(21)22)27-24-14)7-4-11(20)12(5-9(7)18)28(23,25)26/h1-5,16H,(H2,23,25,26). The minimum atomic E-state index is -4.63. The number of hydrogen-bond donors (Lipinski definition) is 1. The average molecular weight is 422 g/mol. The van der Waals surface area contributed by atoms with Crippen molar-refractivity contribution in [2.24, 2.45) is 5.14 Å². The number of benzene rings is 2. The molecule has 0 radical (unpaired) electrons. The van der Waals surface area contributed by atoms with Gasteiger partial charge in [-0.25, -0.2) is 39.9 Å². The molecule has 5 nitrogen and oxygen atoms in total. The van der Waals surface area contributed by atoms with E-state index in [2.05, 4.69) is 9.68 Å². The molecule has 3 rings (SSSR count). The number of hydrogen-bond acceptors (Lipinski definition) is 4. The van der Waals surface area contributed by atoms with Crippen LogP contribution in [0.1, 0.15) is 12.2 Å². The summed E-state index contributed by atoms with van der Waals surface area (Å²) in [5, 5.41) is 8.08. The van der Waals surface area contributed by atoms with Gasteiger partial charge in [0, 0.05) is 11.1 Å². The Morgan fingerprint density at radius 1 is 0.929 bits per heavy atom. The van der Waals surface area contributed by atoms with E-state index < -0.39 is 67.2 Å².